The van der Waals surface area contributed by atoms with Crippen molar-refractivity contribution in [2.75, 3.05) is 23.4 Å². The number of amides is 2. The van der Waals surface area contributed by atoms with Crippen LogP contribution in [0.1, 0.15) is 6.42 Å². The molecule has 1 aromatic rings. The van der Waals surface area contributed by atoms with E-state index in [0.29, 0.717) is 24.4 Å². The standard InChI is InChI=1S/C12H12N2O3S/c15-11-6-17-10-3-7(1-2-9(10)13-11)14-5-8(18)4-12(14)16/h1-3,8,18H,4-6H2,(H,13,15). The first-order valence-electron chi connectivity index (χ1n) is 5.68. The lowest BCUT2D eigenvalue weighted by Crippen LogP contribution is -2.27. The SMILES string of the molecule is O=C1COc2cc(N3CC(S)CC3=O)ccc2N1. The van der Waals surface area contributed by atoms with Crippen LogP contribution < -0.4 is 15.0 Å². The summed E-state index contributed by atoms with van der Waals surface area (Å²) in [6.45, 7) is 0.618. The van der Waals surface area contributed by atoms with Crippen molar-refractivity contribution >= 4 is 35.8 Å². The quantitative estimate of drug-likeness (QED) is 0.745. The molecule has 2 amide bonds. The van der Waals surface area contributed by atoms with Crippen molar-refractivity contribution < 1.29 is 14.3 Å². The maximum absolute atomic E-state index is 11.8. The Labute approximate surface area is 110 Å². The second-order valence-corrected chi connectivity index (χ2v) is 5.11. The topological polar surface area (TPSA) is 58.6 Å². The summed E-state index contributed by atoms with van der Waals surface area (Å²) in [7, 11) is 0. The molecular weight excluding hydrogens is 252 g/mol. The molecule has 1 N–H and O–H groups in total. The summed E-state index contributed by atoms with van der Waals surface area (Å²) in [4.78, 5) is 24.6. The average Bonchev–Trinajstić information content (AvgIpc) is 2.68. The summed E-state index contributed by atoms with van der Waals surface area (Å²) in [6.07, 6.45) is 0.456. The smallest absolute Gasteiger partial charge is 0.262 e. The van der Waals surface area contributed by atoms with Gasteiger partial charge in [0.1, 0.15) is 5.75 Å². The Balaban J connectivity index is 1.91. The lowest BCUT2D eigenvalue weighted by Gasteiger charge is -2.21. The largest absolute Gasteiger partial charge is 0.482 e. The van der Waals surface area contributed by atoms with Gasteiger partial charge >= 0.3 is 0 Å². The molecule has 2 aliphatic rings. The first-order chi connectivity index (χ1) is 8.63. The van der Waals surface area contributed by atoms with E-state index in [4.69, 9.17) is 4.74 Å². The van der Waals surface area contributed by atoms with Gasteiger partial charge in [-0.15, -0.1) is 0 Å². The lowest BCUT2D eigenvalue weighted by atomic mass is 10.2. The zero-order valence-corrected chi connectivity index (χ0v) is 10.4. The number of carbonyl (C=O) groups is 2. The third-order valence-corrected chi connectivity index (χ3v) is 3.36. The Morgan fingerprint density at radius 3 is 2.94 bits per heavy atom. The summed E-state index contributed by atoms with van der Waals surface area (Å²) in [6, 6.07) is 5.33. The Kier molecular flexibility index (Phi) is 2.66. The monoisotopic (exact) mass is 264 g/mol. The highest BCUT2D eigenvalue weighted by molar-refractivity contribution is 7.81. The van der Waals surface area contributed by atoms with Crippen molar-refractivity contribution in [2.45, 2.75) is 11.7 Å². The molecule has 1 fully saturated rings. The van der Waals surface area contributed by atoms with E-state index in [1.165, 1.54) is 0 Å². The molecular formula is C12H12N2O3S. The van der Waals surface area contributed by atoms with Crippen LogP contribution in [-0.2, 0) is 9.59 Å². The van der Waals surface area contributed by atoms with Gasteiger partial charge in [0.25, 0.3) is 5.91 Å². The van der Waals surface area contributed by atoms with Crippen LogP contribution in [0, 0.1) is 0 Å². The summed E-state index contributed by atoms with van der Waals surface area (Å²) >= 11 is 4.32. The van der Waals surface area contributed by atoms with E-state index < -0.39 is 0 Å². The van der Waals surface area contributed by atoms with E-state index >= 15 is 0 Å². The van der Waals surface area contributed by atoms with Crippen molar-refractivity contribution in [3.63, 3.8) is 0 Å². The fourth-order valence-corrected chi connectivity index (χ4v) is 2.49. The van der Waals surface area contributed by atoms with Gasteiger partial charge in [0.2, 0.25) is 5.91 Å². The highest BCUT2D eigenvalue weighted by Gasteiger charge is 2.29. The number of anilines is 2. The first kappa shape index (κ1) is 11.4. The molecule has 1 saturated heterocycles. The minimum Gasteiger partial charge on any atom is -0.482 e. The van der Waals surface area contributed by atoms with Crippen LogP contribution in [0.3, 0.4) is 0 Å². The van der Waals surface area contributed by atoms with E-state index in [0.717, 1.165) is 5.69 Å². The number of hydrogen-bond donors (Lipinski definition) is 2. The molecule has 1 aromatic carbocycles. The number of nitrogens with one attached hydrogen (secondary N) is 1. The zero-order valence-electron chi connectivity index (χ0n) is 9.55. The zero-order chi connectivity index (χ0) is 12.7. The van der Waals surface area contributed by atoms with Gasteiger partial charge in [-0.2, -0.15) is 12.6 Å². The molecule has 1 atom stereocenters. The second kappa shape index (κ2) is 4.20. The van der Waals surface area contributed by atoms with Gasteiger partial charge in [0.15, 0.2) is 6.61 Å². The Hall–Kier alpha value is -1.69. The molecule has 0 spiro atoms. The summed E-state index contributed by atoms with van der Waals surface area (Å²) in [5.41, 5.74) is 1.43. The minimum absolute atomic E-state index is 0.0135. The lowest BCUT2D eigenvalue weighted by molar-refractivity contribution is -0.119. The van der Waals surface area contributed by atoms with Gasteiger partial charge in [0.05, 0.1) is 5.69 Å². The summed E-state index contributed by atoms with van der Waals surface area (Å²) in [5.74, 6) is 0.500. The molecule has 2 aliphatic heterocycles. The number of benzene rings is 1. The molecule has 3 rings (SSSR count). The summed E-state index contributed by atoms with van der Waals surface area (Å²) in [5, 5.41) is 2.79. The van der Waals surface area contributed by atoms with Crippen LogP contribution in [0.15, 0.2) is 18.2 Å². The van der Waals surface area contributed by atoms with Crippen molar-refractivity contribution in [1.29, 1.82) is 0 Å². The van der Waals surface area contributed by atoms with Crippen molar-refractivity contribution in [3.05, 3.63) is 18.2 Å². The minimum atomic E-state index is -0.164. The van der Waals surface area contributed by atoms with Gasteiger partial charge < -0.3 is 15.0 Å². The van der Waals surface area contributed by atoms with Crippen LogP contribution in [0.2, 0.25) is 0 Å². The molecule has 2 heterocycles. The van der Waals surface area contributed by atoms with Crippen LogP contribution in [0.25, 0.3) is 0 Å². The molecule has 6 heteroatoms. The number of fused-ring (bicyclic) bond motifs is 1. The third-order valence-electron chi connectivity index (χ3n) is 3.01. The summed E-state index contributed by atoms with van der Waals surface area (Å²) < 4.78 is 5.33. The predicted octanol–water partition coefficient (Wildman–Crippen LogP) is 1.05. The number of rotatable bonds is 1. The maximum atomic E-state index is 11.8. The van der Waals surface area contributed by atoms with Crippen LogP contribution in [0.4, 0.5) is 11.4 Å². The fourth-order valence-electron chi connectivity index (χ4n) is 2.17. The van der Waals surface area contributed by atoms with Crippen LogP contribution >= 0.6 is 12.6 Å². The van der Waals surface area contributed by atoms with Crippen molar-refractivity contribution in [1.82, 2.24) is 0 Å². The first-order valence-corrected chi connectivity index (χ1v) is 6.20. The van der Waals surface area contributed by atoms with Gasteiger partial charge in [-0.3, -0.25) is 9.59 Å². The predicted molar refractivity (Wildman–Crippen MR) is 70.3 cm³/mol. The van der Waals surface area contributed by atoms with Crippen LogP contribution in [0.5, 0.6) is 5.75 Å². The van der Waals surface area contributed by atoms with Crippen molar-refractivity contribution in [3.8, 4) is 5.75 Å². The van der Waals surface area contributed by atoms with E-state index in [2.05, 4.69) is 17.9 Å². The van der Waals surface area contributed by atoms with Crippen LogP contribution in [-0.4, -0.2) is 30.2 Å². The molecule has 1 unspecified atom stereocenters. The fraction of sp³-hybridized carbons (Fsp3) is 0.333. The second-order valence-electron chi connectivity index (χ2n) is 4.38. The number of thiol groups is 1. The highest BCUT2D eigenvalue weighted by Crippen LogP contribution is 2.34. The van der Waals surface area contributed by atoms with E-state index in [1.807, 2.05) is 0 Å². The van der Waals surface area contributed by atoms with E-state index in [1.54, 1.807) is 23.1 Å². The molecule has 0 aromatic heterocycles. The maximum Gasteiger partial charge on any atom is 0.262 e. The number of nitrogens with zero attached hydrogens (tertiary/aromatic N) is 1. The Bertz CT molecular complexity index is 532. The normalized spacial score (nSPS) is 22.5. The average molecular weight is 264 g/mol. The molecule has 5 nitrogen and oxygen atoms in total. The molecule has 0 bridgehead atoms. The Morgan fingerprint density at radius 1 is 1.39 bits per heavy atom. The van der Waals surface area contributed by atoms with Gasteiger partial charge in [-0.1, -0.05) is 0 Å². The van der Waals surface area contributed by atoms with Gasteiger partial charge in [0, 0.05) is 30.0 Å². The van der Waals surface area contributed by atoms with Gasteiger partial charge in [-0.25, -0.2) is 0 Å². The Morgan fingerprint density at radius 2 is 2.22 bits per heavy atom. The number of ether oxygens (including phenoxy) is 1. The van der Waals surface area contributed by atoms with E-state index in [9.17, 15) is 9.59 Å². The van der Waals surface area contributed by atoms with Crippen molar-refractivity contribution in [2.24, 2.45) is 0 Å². The van der Waals surface area contributed by atoms with Gasteiger partial charge in [-0.05, 0) is 12.1 Å². The molecule has 0 saturated carbocycles. The number of hydrogen-bond acceptors (Lipinski definition) is 4. The molecule has 94 valence electrons. The molecule has 18 heavy (non-hydrogen) atoms. The molecule has 0 aliphatic carbocycles. The molecule has 0 radical (unpaired) electrons. The number of carbonyl (C=O) groups excluding carboxylic acids is 2. The third kappa shape index (κ3) is 1.92. The van der Waals surface area contributed by atoms with E-state index in [-0.39, 0.29) is 23.7 Å². The highest BCUT2D eigenvalue weighted by atomic mass is 32.1.